The molecule has 1 saturated carbocycles. The van der Waals surface area contributed by atoms with Gasteiger partial charge in [0.15, 0.2) is 0 Å². The second kappa shape index (κ2) is 5.92. The van der Waals surface area contributed by atoms with Crippen molar-refractivity contribution in [3.63, 3.8) is 0 Å². The Labute approximate surface area is 151 Å². The molecule has 0 radical (unpaired) electrons. The highest BCUT2D eigenvalue weighted by molar-refractivity contribution is 7.88. The minimum atomic E-state index is -3.26. The van der Waals surface area contributed by atoms with Gasteiger partial charge in [0.2, 0.25) is 15.9 Å². The van der Waals surface area contributed by atoms with Gasteiger partial charge in [-0.1, -0.05) is 0 Å². The molecule has 3 saturated heterocycles. The molecule has 0 bridgehead atoms. The molecule has 1 amide bonds. The first kappa shape index (κ1) is 17.7. The van der Waals surface area contributed by atoms with Gasteiger partial charge < -0.3 is 9.80 Å². The number of amides is 1. The van der Waals surface area contributed by atoms with Crippen LogP contribution in [0.25, 0.3) is 0 Å². The van der Waals surface area contributed by atoms with E-state index in [0.717, 1.165) is 51.4 Å². The number of piperidine rings is 1. The first-order valence-corrected chi connectivity index (χ1v) is 11.6. The summed E-state index contributed by atoms with van der Waals surface area (Å²) in [4.78, 5) is 17.7. The fourth-order valence-electron chi connectivity index (χ4n) is 5.49. The second-order valence-corrected chi connectivity index (χ2v) is 10.8. The van der Waals surface area contributed by atoms with Crippen LogP contribution < -0.4 is 0 Å². The fourth-order valence-corrected chi connectivity index (χ4v) is 6.43. The average Bonchev–Trinajstić information content (AvgIpc) is 3.24. The molecular formula is C18H31N3O3S. The van der Waals surface area contributed by atoms with Crippen LogP contribution in [0.1, 0.15) is 39.0 Å². The third-order valence-corrected chi connectivity index (χ3v) is 8.52. The maximum Gasteiger partial charge on any atom is 0.230 e. The maximum atomic E-state index is 13.3. The van der Waals surface area contributed by atoms with E-state index in [1.54, 1.807) is 4.31 Å². The summed E-state index contributed by atoms with van der Waals surface area (Å²) in [5.41, 5.74) is -0.658. The molecule has 3 aliphatic heterocycles. The molecule has 0 aromatic rings. The predicted molar refractivity (Wildman–Crippen MR) is 96.6 cm³/mol. The molecule has 4 rings (SSSR count). The Balaban J connectivity index is 1.60. The third-order valence-electron chi connectivity index (χ3n) is 7.32. The van der Waals surface area contributed by atoms with Crippen molar-refractivity contribution in [2.24, 2.45) is 16.7 Å². The Morgan fingerprint density at radius 1 is 1.08 bits per heavy atom. The molecule has 0 N–H and O–H groups in total. The Morgan fingerprint density at radius 2 is 1.76 bits per heavy atom. The lowest BCUT2D eigenvalue weighted by atomic mass is 9.60. The van der Waals surface area contributed by atoms with E-state index >= 15 is 0 Å². The van der Waals surface area contributed by atoms with Gasteiger partial charge in [-0.05, 0) is 58.0 Å². The summed E-state index contributed by atoms with van der Waals surface area (Å²) in [6, 6.07) is 0. The molecule has 3 heterocycles. The van der Waals surface area contributed by atoms with E-state index in [0.29, 0.717) is 13.1 Å². The van der Waals surface area contributed by atoms with Gasteiger partial charge in [-0.25, -0.2) is 12.7 Å². The van der Waals surface area contributed by atoms with Gasteiger partial charge in [-0.3, -0.25) is 4.79 Å². The summed E-state index contributed by atoms with van der Waals surface area (Å²) >= 11 is 0. The number of fused-ring (bicyclic) bond motifs is 1. The van der Waals surface area contributed by atoms with Gasteiger partial charge in [0.05, 0.1) is 11.7 Å². The average molecular weight is 370 g/mol. The van der Waals surface area contributed by atoms with Gasteiger partial charge in [-0.2, -0.15) is 0 Å². The molecule has 2 spiro atoms. The van der Waals surface area contributed by atoms with Crippen molar-refractivity contribution in [3.8, 4) is 0 Å². The van der Waals surface area contributed by atoms with E-state index < -0.39 is 15.4 Å². The normalized spacial score (nSPS) is 33.8. The predicted octanol–water partition coefficient (Wildman–Crippen LogP) is 0.992. The van der Waals surface area contributed by atoms with Crippen LogP contribution >= 0.6 is 0 Å². The lowest BCUT2D eigenvalue weighted by molar-refractivity contribution is -0.142. The molecule has 1 aliphatic carbocycles. The zero-order chi connectivity index (χ0) is 17.9. The molecule has 0 aromatic heterocycles. The molecule has 25 heavy (non-hydrogen) atoms. The molecule has 4 aliphatic rings. The van der Waals surface area contributed by atoms with E-state index in [9.17, 15) is 13.2 Å². The Kier molecular flexibility index (Phi) is 4.20. The zero-order valence-electron chi connectivity index (χ0n) is 15.5. The number of sulfonamides is 1. The van der Waals surface area contributed by atoms with Gasteiger partial charge in [-0.15, -0.1) is 0 Å². The highest BCUT2D eigenvalue weighted by Crippen LogP contribution is 2.58. The summed E-state index contributed by atoms with van der Waals surface area (Å²) in [5.74, 6) is 1.08. The number of rotatable bonds is 4. The van der Waals surface area contributed by atoms with Crippen LogP contribution in [0, 0.1) is 16.7 Å². The van der Waals surface area contributed by atoms with Crippen molar-refractivity contribution in [1.82, 2.24) is 14.1 Å². The number of hydrogen-bond donors (Lipinski definition) is 0. The van der Waals surface area contributed by atoms with E-state index in [1.165, 1.54) is 25.6 Å². The molecule has 0 aromatic carbocycles. The maximum absolute atomic E-state index is 13.3. The van der Waals surface area contributed by atoms with Crippen molar-refractivity contribution < 1.29 is 13.2 Å². The van der Waals surface area contributed by atoms with Crippen molar-refractivity contribution >= 4 is 15.9 Å². The lowest BCUT2D eigenvalue weighted by Crippen LogP contribution is -2.53. The van der Waals surface area contributed by atoms with Crippen LogP contribution in [0.2, 0.25) is 0 Å². The van der Waals surface area contributed by atoms with Gasteiger partial charge >= 0.3 is 0 Å². The quantitative estimate of drug-likeness (QED) is 0.742. The van der Waals surface area contributed by atoms with E-state index in [4.69, 9.17) is 0 Å². The largest absolute Gasteiger partial charge is 0.342 e. The summed E-state index contributed by atoms with van der Waals surface area (Å²) < 4.78 is 26.1. The monoisotopic (exact) mass is 369 g/mol. The first-order valence-electron chi connectivity index (χ1n) is 9.77. The van der Waals surface area contributed by atoms with Gasteiger partial charge in [0.1, 0.15) is 0 Å². The third kappa shape index (κ3) is 2.82. The molecular weight excluding hydrogens is 338 g/mol. The Hall–Kier alpha value is -0.660. The van der Waals surface area contributed by atoms with Gasteiger partial charge in [0, 0.05) is 38.1 Å². The van der Waals surface area contributed by atoms with Crippen LogP contribution in [0.4, 0.5) is 0 Å². The van der Waals surface area contributed by atoms with Crippen molar-refractivity contribution in [3.05, 3.63) is 0 Å². The van der Waals surface area contributed by atoms with Crippen LogP contribution in [0.3, 0.4) is 0 Å². The molecule has 6 nitrogen and oxygen atoms in total. The Morgan fingerprint density at radius 3 is 2.28 bits per heavy atom. The van der Waals surface area contributed by atoms with Crippen molar-refractivity contribution in [2.45, 2.75) is 39.0 Å². The Bertz CT molecular complexity index is 652. The topological polar surface area (TPSA) is 60.9 Å². The highest BCUT2D eigenvalue weighted by Gasteiger charge is 2.66. The summed E-state index contributed by atoms with van der Waals surface area (Å²) in [5, 5.41) is 0. The summed E-state index contributed by atoms with van der Waals surface area (Å²) in [6.07, 6.45) is 6.73. The van der Waals surface area contributed by atoms with Gasteiger partial charge in [0.25, 0.3) is 0 Å². The summed E-state index contributed by atoms with van der Waals surface area (Å²) in [7, 11) is -3.26. The van der Waals surface area contributed by atoms with E-state index in [2.05, 4.69) is 4.90 Å². The minimum Gasteiger partial charge on any atom is -0.342 e. The van der Waals surface area contributed by atoms with E-state index in [1.807, 2.05) is 11.8 Å². The first-order chi connectivity index (χ1) is 11.8. The second-order valence-electron chi connectivity index (χ2n) is 8.77. The smallest absolute Gasteiger partial charge is 0.230 e. The van der Waals surface area contributed by atoms with Crippen molar-refractivity contribution in [1.29, 1.82) is 0 Å². The van der Waals surface area contributed by atoms with Crippen LogP contribution in [0.5, 0.6) is 0 Å². The number of likely N-dealkylation sites (tertiary alicyclic amines) is 2. The highest BCUT2D eigenvalue weighted by atomic mass is 32.2. The standard InChI is InChI=1S/C18H31N3O3S/c1-3-20-11-8-18(16(20)22)14-21(25(2,23)24)13-17(18)6-9-19(10-7-17)12-15-4-5-15/h15H,3-14H2,1-2H3. The lowest BCUT2D eigenvalue weighted by Gasteiger charge is -2.47. The molecule has 1 atom stereocenters. The number of carbonyl (C=O) groups is 1. The van der Waals surface area contributed by atoms with Crippen LogP contribution in [0.15, 0.2) is 0 Å². The number of carbonyl (C=O) groups excluding carboxylic acids is 1. The zero-order valence-corrected chi connectivity index (χ0v) is 16.4. The van der Waals surface area contributed by atoms with Crippen LogP contribution in [-0.2, 0) is 14.8 Å². The molecule has 142 valence electrons. The molecule has 1 unspecified atom stereocenters. The molecule has 7 heteroatoms. The number of nitrogens with zero attached hydrogens (tertiary/aromatic N) is 3. The summed E-state index contributed by atoms with van der Waals surface area (Å²) in [6.45, 7) is 7.66. The fraction of sp³-hybridized carbons (Fsp3) is 0.944. The van der Waals surface area contributed by atoms with E-state index in [-0.39, 0.29) is 11.3 Å². The SMILES string of the molecule is CCN1CCC2(CN(S(C)(=O)=O)CC23CCN(CC2CC2)CC3)C1=O. The van der Waals surface area contributed by atoms with Crippen LogP contribution in [-0.4, -0.2) is 80.5 Å². The minimum absolute atomic E-state index is 0.170. The molecule has 4 fully saturated rings. The van der Waals surface area contributed by atoms with Crippen molar-refractivity contribution in [2.75, 3.05) is 52.1 Å². The number of hydrogen-bond acceptors (Lipinski definition) is 4.